The van der Waals surface area contributed by atoms with E-state index in [2.05, 4.69) is 48.5 Å². The number of anilines is 2. The van der Waals surface area contributed by atoms with E-state index in [0.29, 0.717) is 5.69 Å². The topological polar surface area (TPSA) is 86.4 Å². The number of aromatic amines is 1. The Bertz CT molecular complexity index is 1050. The molecule has 8 nitrogen and oxygen atoms in total. The molecule has 1 amide bonds. The van der Waals surface area contributed by atoms with Gasteiger partial charge in [-0.25, -0.2) is 4.98 Å². The maximum Gasteiger partial charge on any atom is 0.275 e. The first-order valence-electron chi connectivity index (χ1n) is 11.7. The van der Waals surface area contributed by atoms with Crippen molar-refractivity contribution >= 4 is 28.6 Å². The van der Waals surface area contributed by atoms with Crippen molar-refractivity contribution < 1.29 is 9.53 Å². The highest BCUT2D eigenvalue weighted by Crippen LogP contribution is 2.31. The van der Waals surface area contributed by atoms with Gasteiger partial charge in [-0.15, -0.1) is 11.3 Å². The minimum absolute atomic E-state index is 0.176. The van der Waals surface area contributed by atoms with Crippen LogP contribution in [-0.4, -0.2) is 71.9 Å². The molecule has 33 heavy (non-hydrogen) atoms. The lowest BCUT2D eigenvalue weighted by molar-refractivity contribution is 0.0384. The second-order valence-electron chi connectivity index (χ2n) is 8.58. The van der Waals surface area contributed by atoms with Crippen LogP contribution in [0.25, 0.3) is 10.6 Å². The zero-order valence-corrected chi connectivity index (χ0v) is 19.6. The van der Waals surface area contributed by atoms with Crippen LogP contribution in [0.4, 0.5) is 11.4 Å². The Morgan fingerprint density at radius 2 is 2.00 bits per heavy atom. The lowest BCUT2D eigenvalue weighted by atomic mass is 10.1. The molecule has 2 aromatic heterocycles. The SMILES string of the molecule is O=C(Nc1cc(CCN2CCOCC2)ccc1N1CCCCC1)c1csc(-c2cn[nH]c2)n1. The Morgan fingerprint density at radius 1 is 1.15 bits per heavy atom. The summed E-state index contributed by atoms with van der Waals surface area (Å²) in [5, 5.41) is 12.5. The largest absolute Gasteiger partial charge is 0.379 e. The van der Waals surface area contributed by atoms with Crippen LogP contribution in [0.2, 0.25) is 0 Å². The highest BCUT2D eigenvalue weighted by atomic mass is 32.1. The molecule has 9 heteroatoms. The fourth-order valence-corrected chi connectivity index (χ4v) is 5.21. The fourth-order valence-electron chi connectivity index (χ4n) is 4.43. The Hall–Kier alpha value is -2.75. The molecule has 3 aromatic rings. The number of H-pyrrole nitrogens is 1. The molecule has 2 N–H and O–H groups in total. The number of thiazole rings is 1. The van der Waals surface area contributed by atoms with E-state index in [-0.39, 0.29) is 5.91 Å². The fraction of sp³-hybridized carbons (Fsp3) is 0.458. The van der Waals surface area contributed by atoms with E-state index in [9.17, 15) is 4.79 Å². The molecule has 174 valence electrons. The molecular weight excluding hydrogens is 436 g/mol. The maximum atomic E-state index is 13.1. The number of carbonyl (C=O) groups is 1. The minimum atomic E-state index is -0.176. The highest BCUT2D eigenvalue weighted by Gasteiger charge is 2.19. The maximum absolute atomic E-state index is 13.1. The van der Waals surface area contributed by atoms with E-state index in [4.69, 9.17) is 4.74 Å². The van der Waals surface area contributed by atoms with Crippen LogP contribution < -0.4 is 10.2 Å². The van der Waals surface area contributed by atoms with Gasteiger partial charge in [0.2, 0.25) is 0 Å². The molecule has 0 bridgehead atoms. The quantitative estimate of drug-likeness (QED) is 0.553. The van der Waals surface area contributed by atoms with Crippen LogP contribution in [-0.2, 0) is 11.2 Å². The molecule has 0 saturated carbocycles. The molecule has 0 atom stereocenters. The zero-order valence-electron chi connectivity index (χ0n) is 18.8. The van der Waals surface area contributed by atoms with E-state index in [0.717, 1.165) is 74.3 Å². The Kier molecular flexibility index (Phi) is 6.99. The number of nitrogens with zero attached hydrogens (tertiary/aromatic N) is 4. The molecular formula is C24H30N6O2S. The summed E-state index contributed by atoms with van der Waals surface area (Å²) in [5.74, 6) is -0.176. The van der Waals surface area contributed by atoms with Crippen molar-refractivity contribution in [3.8, 4) is 10.6 Å². The summed E-state index contributed by atoms with van der Waals surface area (Å²) in [7, 11) is 0. The Labute approximate surface area is 198 Å². The van der Waals surface area contributed by atoms with Crippen molar-refractivity contribution in [3.05, 3.63) is 47.2 Å². The van der Waals surface area contributed by atoms with Crippen LogP contribution in [0, 0.1) is 0 Å². The second kappa shape index (κ2) is 10.5. The van der Waals surface area contributed by atoms with Gasteiger partial charge in [0, 0.05) is 49.9 Å². The normalized spacial score (nSPS) is 17.3. The van der Waals surface area contributed by atoms with Crippen LogP contribution in [0.5, 0.6) is 0 Å². The van der Waals surface area contributed by atoms with E-state index < -0.39 is 0 Å². The van der Waals surface area contributed by atoms with Crippen molar-refractivity contribution in [1.29, 1.82) is 0 Å². The van der Waals surface area contributed by atoms with Gasteiger partial charge in [0.1, 0.15) is 10.7 Å². The van der Waals surface area contributed by atoms with E-state index in [1.807, 2.05) is 0 Å². The molecule has 0 aliphatic carbocycles. The van der Waals surface area contributed by atoms with Gasteiger partial charge in [0.25, 0.3) is 5.91 Å². The number of piperidine rings is 1. The van der Waals surface area contributed by atoms with Crippen LogP contribution in [0.3, 0.4) is 0 Å². The predicted molar refractivity (Wildman–Crippen MR) is 131 cm³/mol. The third-order valence-corrected chi connectivity index (χ3v) is 7.20. The smallest absolute Gasteiger partial charge is 0.275 e. The van der Waals surface area contributed by atoms with Crippen molar-refractivity contribution in [2.24, 2.45) is 0 Å². The van der Waals surface area contributed by atoms with Gasteiger partial charge in [-0.2, -0.15) is 5.10 Å². The lowest BCUT2D eigenvalue weighted by Gasteiger charge is -2.31. The summed E-state index contributed by atoms with van der Waals surface area (Å²) in [4.78, 5) is 22.5. The number of hydrogen-bond donors (Lipinski definition) is 2. The average Bonchev–Trinajstić information content (AvgIpc) is 3.56. The van der Waals surface area contributed by atoms with Crippen LogP contribution in [0.1, 0.15) is 35.3 Å². The minimum Gasteiger partial charge on any atom is -0.379 e. The molecule has 5 rings (SSSR count). The summed E-state index contributed by atoms with van der Waals surface area (Å²) in [6, 6.07) is 6.53. The molecule has 2 aliphatic rings. The van der Waals surface area contributed by atoms with Gasteiger partial charge >= 0.3 is 0 Å². The van der Waals surface area contributed by atoms with Crippen molar-refractivity contribution in [2.45, 2.75) is 25.7 Å². The molecule has 0 radical (unpaired) electrons. The monoisotopic (exact) mass is 466 g/mol. The van der Waals surface area contributed by atoms with Gasteiger partial charge in [0.15, 0.2) is 0 Å². The molecule has 0 spiro atoms. The van der Waals surface area contributed by atoms with Gasteiger partial charge in [-0.3, -0.25) is 14.8 Å². The standard InChI is InChI=1S/C24H30N6O2S/c31-23(21-17-33-24(28-21)19-15-25-26-16-19)27-20-14-18(6-9-29-10-12-32-13-11-29)4-5-22(20)30-7-2-1-3-8-30/h4-5,14-17H,1-3,6-13H2,(H,25,26)(H,27,31). The van der Waals surface area contributed by atoms with E-state index in [1.165, 1.54) is 36.2 Å². The lowest BCUT2D eigenvalue weighted by Crippen LogP contribution is -2.37. The van der Waals surface area contributed by atoms with Gasteiger partial charge in [-0.05, 0) is 43.4 Å². The molecule has 2 fully saturated rings. The summed E-state index contributed by atoms with van der Waals surface area (Å²) >= 11 is 1.45. The first kappa shape index (κ1) is 22.1. The number of aromatic nitrogens is 3. The first-order chi connectivity index (χ1) is 16.3. The summed E-state index contributed by atoms with van der Waals surface area (Å²) in [6.45, 7) is 6.64. The number of hydrogen-bond acceptors (Lipinski definition) is 7. The number of nitrogens with one attached hydrogen (secondary N) is 2. The Balaban J connectivity index is 1.34. The third kappa shape index (κ3) is 5.43. The zero-order chi connectivity index (χ0) is 22.5. The number of amides is 1. The van der Waals surface area contributed by atoms with Gasteiger partial charge in [0.05, 0.1) is 30.8 Å². The van der Waals surface area contributed by atoms with Crippen molar-refractivity contribution in [1.82, 2.24) is 20.1 Å². The van der Waals surface area contributed by atoms with Crippen molar-refractivity contribution in [3.63, 3.8) is 0 Å². The number of morpholine rings is 1. The number of rotatable bonds is 7. The van der Waals surface area contributed by atoms with Crippen LogP contribution >= 0.6 is 11.3 Å². The van der Waals surface area contributed by atoms with E-state index in [1.54, 1.807) is 17.8 Å². The molecule has 2 saturated heterocycles. The summed E-state index contributed by atoms with van der Waals surface area (Å²) < 4.78 is 5.46. The molecule has 4 heterocycles. The van der Waals surface area contributed by atoms with Gasteiger partial charge < -0.3 is 15.0 Å². The Morgan fingerprint density at radius 3 is 2.79 bits per heavy atom. The number of carbonyl (C=O) groups excluding carboxylic acids is 1. The number of benzene rings is 1. The van der Waals surface area contributed by atoms with E-state index >= 15 is 0 Å². The second-order valence-corrected chi connectivity index (χ2v) is 9.44. The number of ether oxygens (including phenoxy) is 1. The third-order valence-electron chi connectivity index (χ3n) is 6.31. The summed E-state index contributed by atoms with van der Waals surface area (Å²) in [5.41, 5.74) is 4.52. The summed E-state index contributed by atoms with van der Waals surface area (Å²) in [6.07, 6.45) is 8.09. The highest BCUT2D eigenvalue weighted by molar-refractivity contribution is 7.13. The molecule has 1 aromatic carbocycles. The van der Waals surface area contributed by atoms with Crippen molar-refractivity contribution in [2.75, 3.05) is 56.2 Å². The molecule has 2 aliphatic heterocycles. The van der Waals surface area contributed by atoms with Gasteiger partial charge in [-0.1, -0.05) is 6.07 Å². The predicted octanol–water partition coefficient (Wildman–Crippen LogP) is 3.65. The van der Waals surface area contributed by atoms with Crippen LogP contribution in [0.15, 0.2) is 36.0 Å². The average molecular weight is 467 g/mol. The first-order valence-corrected chi connectivity index (χ1v) is 12.6. The molecule has 0 unspecified atom stereocenters.